The van der Waals surface area contributed by atoms with E-state index in [0.29, 0.717) is 10.6 Å². The molecule has 20 heavy (non-hydrogen) atoms. The fourth-order valence-corrected chi connectivity index (χ4v) is 4.97. The molecule has 1 atom stereocenters. The molecule has 0 N–H and O–H groups in total. The summed E-state index contributed by atoms with van der Waals surface area (Å²) in [4.78, 5) is 11.8. The number of hydrogen-bond donors (Lipinski definition) is 0. The van der Waals surface area contributed by atoms with Gasteiger partial charge in [0, 0.05) is 10.6 Å². The smallest absolute Gasteiger partial charge is 0.166 e. The molecule has 0 bridgehead atoms. The van der Waals surface area contributed by atoms with Gasteiger partial charge >= 0.3 is 0 Å². The van der Waals surface area contributed by atoms with Gasteiger partial charge in [0.15, 0.2) is 18.6 Å². The van der Waals surface area contributed by atoms with Crippen LogP contribution in [0.15, 0.2) is 60.7 Å². The summed E-state index contributed by atoms with van der Waals surface area (Å²) in [6.45, 7) is 1.31. The lowest BCUT2D eigenvalue weighted by Crippen LogP contribution is -2.29. The van der Waals surface area contributed by atoms with Crippen LogP contribution in [-0.2, 0) is 9.36 Å². The summed E-state index contributed by atoms with van der Waals surface area (Å²) >= 11 is 0. The van der Waals surface area contributed by atoms with Crippen molar-refractivity contribution in [2.45, 2.75) is 12.6 Å². The van der Waals surface area contributed by atoms with Crippen molar-refractivity contribution in [3.8, 4) is 6.07 Å². The van der Waals surface area contributed by atoms with Gasteiger partial charge in [0.1, 0.15) is 0 Å². The van der Waals surface area contributed by atoms with Gasteiger partial charge in [-0.2, -0.15) is 5.26 Å². The van der Waals surface area contributed by atoms with Crippen molar-refractivity contribution in [3.05, 3.63) is 60.7 Å². The number of benzene rings is 2. The Balaban J connectivity index is 2.71. The van der Waals surface area contributed by atoms with E-state index in [0.717, 1.165) is 0 Å². The highest BCUT2D eigenvalue weighted by Gasteiger charge is 2.39. The SMILES string of the molecule is CC(=O)C(C#N)P(=O)(c1ccccc1)c1ccccc1. The van der Waals surface area contributed by atoms with Crippen molar-refractivity contribution in [1.82, 2.24) is 0 Å². The van der Waals surface area contributed by atoms with Crippen LogP contribution in [0.5, 0.6) is 0 Å². The molecule has 0 aromatic heterocycles. The molecule has 3 nitrogen and oxygen atoms in total. The molecular weight excluding hydrogens is 269 g/mol. The van der Waals surface area contributed by atoms with E-state index in [-0.39, 0.29) is 5.78 Å². The van der Waals surface area contributed by atoms with Crippen LogP contribution in [0.4, 0.5) is 0 Å². The molecule has 4 heteroatoms. The van der Waals surface area contributed by atoms with Gasteiger partial charge in [-0.1, -0.05) is 60.7 Å². The molecule has 0 spiro atoms. The number of nitrogens with zero attached hydrogens (tertiary/aromatic N) is 1. The van der Waals surface area contributed by atoms with E-state index in [2.05, 4.69) is 0 Å². The molecule has 100 valence electrons. The maximum absolute atomic E-state index is 13.5. The van der Waals surface area contributed by atoms with Crippen LogP contribution in [0.3, 0.4) is 0 Å². The predicted octanol–water partition coefficient (Wildman–Crippen LogP) is 2.48. The first kappa shape index (κ1) is 14.2. The molecule has 2 aromatic rings. The summed E-state index contributed by atoms with van der Waals surface area (Å²) in [6.07, 6.45) is 0. The topological polar surface area (TPSA) is 57.9 Å². The van der Waals surface area contributed by atoms with Gasteiger partial charge in [0.05, 0.1) is 6.07 Å². The lowest BCUT2D eigenvalue weighted by molar-refractivity contribution is -0.115. The highest BCUT2D eigenvalue weighted by Crippen LogP contribution is 2.48. The molecule has 0 aliphatic carbocycles. The number of Topliss-reactive ketones (excluding diaryl/α,β-unsaturated/α-hetero) is 1. The van der Waals surface area contributed by atoms with E-state index >= 15 is 0 Å². The molecule has 2 rings (SSSR count). The molecule has 0 saturated carbocycles. The molecule has 0 aliphatic heterocycles. The van der Waals surface area contributed by atoms with Crippen molar-refractivity contribution >= 4 is 23.5 Å². The molecule has 0 heterocycles. The highest BCUT2D eigenvalue weighted by molar-refractivity contribution is 7.80. The molecule has 0 fully saturated rings. The van der Waals surface area contributed by atoms with Crippen LogP contribution in [0, 0.1) is 11.3 Å². The average molecular weight is 283 g/mol. The fourth-order valence-electron chi connectivity index (χ4n) is 2.17. The van der Waals surface area contributed by atoms with Crippen LogP contribution < -0.4 is 10.6 Å². The summed E-state index contributed by atoms with van der Waals surface area (Å²) < 4.78 is 13.5. The minimum atomic E-state index is -3.30. The Morgan fingerprint density at radius 3 is 1.70 bits per heavy atom. The Morgan fingerprint density at radius 1 is 1.00 bits per heavy atom. The van der Waals surface area contributed by atoms with E-state index in [1.807, 2.05) is 18.2 Å². The maximum atomic E-state index is 13.5. The number of ketones is 1. The normalized spacial score (nSPS) is 12.4. The summed E-state index contributed by atoms with van der Waals surface area (Å²) in [5, 5.41) is 10.4. The Hall–Kier alpha value is -2.17. The monoisotopic (exact) mass is 283 g/mol. The van der Waals surface area contributed by atoms with Crippen molar-refractivity contribution in [2.24, 2.45) is 0 Å². The van der Waals surface area contributed by atoms with Crippen LogP contribution in [-0.4, -0.2) is 11.4 Å². The van der Waals surface area contributed by atoms with Crippen molar-refractivity contribution in [3.63, 3.8) is 0 Å². The van der Waals surface area contributed by atoms with Crippen molar-refractivity contribution in [2.75, 3.05) is 0 Å². The van der Waals surface area contributed by atoms with Gasteiger partial charge < -0.3 is 4.57 Å². The molecule has 1 unspecified atom stereocenters. The number of nitriles is 1. The molecule has 2 aromatic carbocycles. The number of carbonyl (C=O) groups is 1. The second-order valence-corrected chi connectivity index (χ2v) is 7.34. The zero-order valence-corrected chi connectivity index (χ0v) is 12.0. The number of carbonyl (C=O) groups excluding carboxylic acids is 1. The van der Waals surface area contributed by atoms with Gasteiger partial charge in [0.2, 0.25) is 0 Å². The van der Waals surface area contributed by atoms with Crippen LogP contribution >= 0.6 is 7.14 Å². The first-order valence-electron chi connectivity index (χ1n) is 6.21. The summed E-state index contributed by atoms with van der Waals surface area (Å²) in [6, 6.07) is 19.4. The van der Waals surface area contributed by atoms with Crippen molar-refractivity contribution < 1.29 is 9.36 Å². The average Bonchev–Trinajstić information content (AvgIpc) is 2.49. The van der Waals surface area contributed by atoms with E-state index in [9.17, 15) is 14.6 Å². The zero-order valence-electron chi connectivity index (χ0n) is 11.1. The molecule has 0 amide bonds. The minimum absolute atomic E-state index is 0.372. The summed E-state index contributed by atoms with van der Waals surface area (Å²) in [7, 11) is -3.30. The third-order valence-electron chi connectivity index (χ3n) is 3.15. The van der Waals surface area contributed by atoms with Crippen LogP contribution in [0.25, 0.3) is 0 Å². The second-order valence-electron chi connectivity index (χ2n) is 4.47. The Morgan fingerprint density at radius 2 is 1.40 bits per heavy atom. The third-order valence-corrected chi connectivity index (χ3v) is 6.49. The molecule has 0 aliphatic rings. The van der Waals surface area contributed by atoms with Gasteiger partial charge in [-0.3, -0.25) is 4.79 Å². The lowest BCUT2D eigenvalue weighted by Gasteiger charge is -2.22. The molecular formula is C16H14NO2P. The summed E-state index contributed by atoms with van der Waals surface area (Å²) in [5.41, 5.74) is -1.15. The fraction of sp³-hybridized carbons (Fsp3) is 0.125. The lowest BCUT2D eigenvalue weighted by atomic mass is 10.3. The predicted molar refractivity (Wildman–Crippen MR) is 79.8 cm³/mol. The largest absolute Gasteiger partial charge is 0.312 e. The minimum Gasteiger partial charge on any atom is -0.312 e. The van der Waals surface area contributed by atoms with E-state index in [1.54, 1.807) is 48.5 Å². The number of hydrogen-bond acceptors (Lipinski definition) is 3. The Labute approximate surface area is 118 Å². The third kappa shape index (κ3) is 2.43. The van der Waals surface area contributed by atoms with Crippen LogP contribution in [0.1, 0.15) is 6.92 Å². The standard InChI is InChI=1S/C16H14NO2P/c1-13(18)16(12-17)20(19,14-8-4-2-5-9-14)15-10-6-3-7-11-15/h2-11,16H,1H3. The Bertz CT molecular complexity index is 646. The second kappa shape index (κ2) is 5.86. The van der Waals surface area contributed by atoms with Crippen LogP contribution in [0.2, 0.25) is 0 Å². The highest BCUT2D eigenvalue weighted by atomic mass is 31.2. The summed E-state index contributed by atoms with van der Waals surface area (Å²) in [5.74, 6) is -0.372. The molecule has 0 saturated heterocycles. The quantitative estimate of drug-likeness (QED) is 0.810. The first-order chi connectivity index (χ1) is 9.60. The van der Waals surface area contributed by atoms with Crippen molar-refractivity contribution in [1.29, 1.82) is 5.26 Å². The molecule has 0 radical (unpaired) electrons. The first-order valence-corrected chi connectivity index (χ1v) is 7.99. The van der Waals surface area contributed by atoms with Gasteiger partial charge in [-0.05, 0) is 6.92 Å². The number of rotatable bonds is 4. The zero-order chi connectivity index (χ0) is 14.6. The van der Waals surface area contributed by atoms with Gasteiger partial charge in [-0.15, -0.1) is 0 Å². The van der Waals surface area contributed by atoms with E-state index in [1.165, 1.54) is 6.92 Å². The van der Waals surface area contributed by atoms with E-state index < -0.39 is 12.8 Å². The van der Waals surface area contributed by atoms with E-state index in [4.69, 9.17) is 0 Å². The maximum Gasteiger partial charge on any atom is 0.166 e. The van der Waals surface area contributed by atoms with Gasteiger partial charge in [0.25, 0.3) is 0 Å². The van der Waals surface area contributed by atoms with Gasteiger partial charge in [-0.25, -0.2) is 0 Å². The Kier molecular flexibility index (Phi) is 4.17.